The van der Waals surface area contributed by atoms with Crippen molar-refractivity contribution in [2.45, 2.75) is 12.3 Å². The predicted molar refractivity (Wildman–Crippen MR) is 85.8 cm³/mol. The van der Waals surface area contributed by atoms with Crippen LogP contribution in [-0.4, -0.2) is 14.5 Å². The van der Waals surface area contributed by atoms with Crippen LogP contribution in [0.4, 0.5) is 4.39 Å². The summed E-state index contributed by atoms with van der Waals surface area (Å²) in [5, 5.41) is 0.0620. The molecule has 1 aromatic carbocycles. The number of aromatic nitrogens is 3. The number of hydrogen-bond donors (Lipinski definition) is 0. The van der Waals surface area contributed by atoms with Crippen LogP contribution < -0.4 is 0 Å². The van der Waals surface area contributed by atoms with E-state index < -0.39 is 5.38 Å². The van der Waals surface area contributed by atoms with Crippen molar-refractivity contribution in [3.63, 3.8) is 0 Å². The number of imidazole rings is 1. The fraction of sp³-hybridized carbons (Fsp3) is 0.143. The molecule has 3 aromatic rings. The van der Waals surface area contributed by atoms with Crippen LogP contribution in [0.1, 0.15) is 18.1 Å². The number of halogens is 4. The van der Waals surface area contributed by atoms with Gasteiger partial charge in [0.2, 0.25) is 0 Å². The highest BCUT2D eigenvalue weighted by molar-refractivity contribution is 9.10. The van der Waals surface area contributed by atoms with Crippen LogP contribution in [0.15, 0.2) is 34.9 Å². The molecular weight excluding hydrogens is 380 g/mol. The molecule has 1 atom stereocenters. The van der Waals surface area contributed by atoms with Gasteiger partial charge in [0, 0.05) is 10.7 Å². The lowest BCUT2D eigenvalue weighted by Gasteiger charge is -2.11. The molecule has 7 heteroatoms. The molecule has 1 unspecified atom stereocenters. The van der Waals surface area contributed by atoms with E-state index in [0.717, 1.165) is 4.47 Å². The van der Waals surface area contributed by atoms with Gasteiger partial charge in [-0.15, -0.1) is 11.6 Å². The first-order chi connectivity index (χ1) is 9.97. The maximum absolute atomic E-state index is 14.2. The summed E-state index contributed by atoms with van der Waals surface area (Å²) in [5.41, 5.74) is 1.42. The van der Waals surface area contributed by atoms with Gasteiger partial charge < -0.3 is 0 Å². The normalized spacial score (nSPS) is 12.8. The minimum absolute atomic E-state index is 0.337. The molecule has 3 rings (SSSR count). The summed E-state index contributed by atoms with van der Waals surface area (Å²) >= 11 is 15.5. The monoisotopic (exact) mass is 387 g/mol. The Morgan fingerprint density at radius 2 is 2.10 bits per heavy atom. The van der Waals surface area contributed by atoms with E-state index in [1.54, 1.807) is 29.7 Å². The van der Waals surface area contributed by atoms with Crippen LogP contribution >= 0.6 is 39.1 Å². The number of fused-ring (bicyclic) bond motifs is 1. The number of hydrogen-bond acceptors (Lipinski definition) is 2. The van der Waals surface area contributed by atoms with E-state index in [-0.39, 0.29) is 5.82 Å². The highest BCUT2D eigenvalue weighted by Crippen LogP contribution is 2.30. The Bertz CT molecular complexity index is 832. The van der Waals surface area contributed by atoms with Gasteiger partial charge in [-0.1, -0.05) is 27.5 Å². The highest BCUT2D eigenvalue weighted by Gasteiger charge is 2.20. The lowest BCUT2D eigenvalue weighted by molar-refractivity contribution is 0.615. The summed E-state index contributed by atoms with van der Waals surface area (Å²) in [6.07, 6.45) is 1.50. The van der Waals surface area contributed by atoms with Crippen LogP contribution in [0, 0.1) is 5.82 Å². The summed E-state index contributed by atoms with van der Waals surface area (Å²) < 4.78 is 16.6. The Balaban J connectivity index is 2.39. The first kappa shape index (κ1) is 14.8. The van der Waals surface area contributed by atoms with Crippen LogP contribution in [0.25, 0.3) is 16.9 Å². The zero-order chi connectivity index (χ0) is 15.1. The Hall–Kier alpha value is -1.17. The molecule has 0 spiro atoms. The molecule has 0 aliphatic heterocycles. The summed E-state index contributed by atoms with van der Waals surface area (Å²) in [7, 11) is 0. The summed E-state index contributed by atoms with van der Waals surface area (Å²) in [6.45, 7) is 1.77. The fourth-order valence-corrected chi connectivity index (χ4v) is 2.77. The van der Waals surface area contributed by atoms with Crippen molar-refractivity contribution in [2.75, 3.05) is 0 Å². The van der Waals surface area contributed by atoms with E-state index >= 15 is 0 Å². The minimum Gasteiger partial charge on any atom is -0.276 e. The predicted octanol–water partition coefficient (Wildman–Crippen LogP) is 5.28. The van der Waals surface area contributed by atoms with Crippen LogP contribution in [0.3, 0.4) is 0 Å². The summed E-state index contributed by atoms with van der Waals surface area (Å²) in [5.74, 6) is 0.131. The fourth-order valence-electron chi connectivity index (χ4n) is 2.12. The molecular formula is C14H9BrCl2FN3. The van der Waals surface area contributed by atoms with Gasteiger partial charge in [-0.25, -0.2) is 14.4 Å². The maximum atomic E-state index is 14.2. The third-order valence-electron chi connectivity index (χ3n) is 2.99. The molecule has 0 saturated heterocycles. The average Bonchev–Trinajstić information content (AvgIpc) is 2.80. The average molecular weight is 389 g/mol. The van der Waals surface area contributed by atoms with Crippen molar-refractivity contribution in [1.29, 1.82) is 0 Å². The second-order valence-corrected chi connectivity index (χ2v) is 6.52. The lowest BCUT2D eigenvalue weighted by atomic mass is 10.3. The number of benzene rings is 1. The van der Waals surface area contributed by atoms with E-state index in [2.05, 4.69) is 25.9 Å². The number of rotatable bonds is 2. The maximum Gasteiger partial charge on any atom is 0.164 e. The second kappa shape index (κ2) is 5.55. The molecule has 0 amide bonds. The molecule has 21 heavy (non-hydrogen) atoms. The van der Waals surface area contributed by atoms with Crippen molar-refractivity contribution >= 4 is 50.3 Å². The molecule has 2 aromatic heterocycles. The minimum atomic E-state index is -0.406. The van der Waals surface area contributed by atoms with Gasteiger partial charge in [0.1, 0.15) is 17.2 Å². The second-order valence-electron chi connectivity index (χ2n) is 4.51. The van der Waals surface area contributed by atoms with Crippen molar-refractivity contribution in [3.05, 3.63) is 51.6 Å². The van der Waals surface area contributed by atoms with Gasteiger partial charge in [-0.2, -0.15) is 0 Å². The SMILES string of the molecule is CC(Cl)c1nc2cc(Cl)cnc2n1-c1cc(Br)ccc1F. The Labute approximate surface area is 138 Å². The van der Waals surface area contributed by atoms with Crippen LogP contribution in [0.5, 0.6) is 0 Å². The molecule has 0 bridgehead atoms. The lowest BCUT2D eigenvalue weighted by Crippen LogP contribution is -2.05. The van der Waals surface area contributed by atoms with E-state index in [1.807, 2.05) is 0 Å². The van der Waals surface area contributed by atoms with Gasteiger partial charge in [0.05, 0.1) is 16.1 Å². The quantitative estimate of drug-likeness (QED) is 0.559. The van der Waals surface area contributed by atoms with E-state index in [0.29, 0.717) is 27.7 Å². The molecule has 0 radical (unpaired) electrons. The summed E-state index contributed by atoms with van der Waals surface area (Å²) in [4.78, 5) is 8.68. The van der Waals surface area contributed by atoms with Crippen LogP contribution in [0.2, 0.25) is 5.02 Å². The van der Waals surface area contributed by atoms with Crippen molar-refractivity contribution in [3.8, 4) is 5.69 Å². The van der Waals surface area contributed by atoms with Gasteiger partial charge >= 0.3 is 0 Å². The molecule has 0 aliphatic carbocycles. The number of nitrogens with zero attached hydrogens (tertiary/aromatic N) is 3. The topological polar surface area (TPSA) is 30.7 Å². The molecule has 2 heterocycles. The molecule has 0 fully saturated rings. The number of alkyl halides is 1. The summed E-state index contributed by atoms with van der Waals surface area (Å²) in [6, 6.07) is 6.35. The first-order valence-electron chi connectivity index (χ1n) is 6.11. The van der Waals surface area contributed by atoms with E-state index in [9.17, 15) is 4.39 Å². The highest BCUT2D eigenvalue weighted by atomic mass is 79.9. The Morgan fingerprint density at radius 3 is 2.81 bits per heavy atom. The van der Waals surface area contributed by atoms with Crippen molar-refractivity contribution in [2.24, 2.45) is 0 Å². The molecule has 108 valence electrons. The third-order valence-corrected chi connectivity index (χ3v) is 3.89. The van der Waals surface area contributed by atoms with Crippen molar-refractivity contribution < 1.29 is 4.39 Å². The smallest absolute Gasteiger partial charge is 0.164 e. The molecule has 0 aliphatic rings. The van der Waals surface area contributed by atoms with E-state index in [4.69, 9.17) is 23.2 Å². The molecule has 0 N–H and O–H groups in total. The number of pyridine rings is 1. The Morgan fingerprint density at radius 1 is 1.33 bits per heavy atom. The van der Waals surface area contributed by atoms with Crippen LogP contribution in [-0.2, 0) is 0 Å². The van der Waals surface area contributed by atoms with Gasteiger partial charge in [-0.05, 0) is 31.2 Å². The zero-order valence-corrected chi connectivity index (χ0v) is 13.9. The largest absolute Gasteiger partial charge is 0.276 e. The van der Waals surface area contributed by atoms with Gasteiger partial charge in [0.15, 0.2) is 5.65 Å². The van der Waals surface area contributed by atoms with Gasteiger partial charge in [0.25, 0.3) is 0 Å². The zero-order valence-electron chi connectivity index (χ0n) is 10.8. The van der Waals surface area contributed by atoms with Crippen molar-refractivity contribution in [1.82, 2.24) is 14.5 Å². The van der Waals surface area contributed by atoms with E-state index in [1.165, 1.54) is 12.3 Å². The molecule has 0 saturated carbocycles. The molecule has 3 nitrogen and oxygen atoms in total. The standard InChI is InChI=1S/C14H9BrCl2FN3/c1-7(16)13-20-11-5-9(17)6-19-14(11)21(13)12-4-8(15)2-3-10(12)18/h2-7H,1H3. The Kier molecular flexibility index (Phi) is 3.90. The third kappa shape index (κ3) is 2.65. The first-order valence-corrected chi connectivity index (χ1v) is 7.71. The van der Waals surface area contributed by atoms with Gasteiger partial charge in [-0.3, -0.25) is 4.57 Å².